The number of amidine groups is 1. The number of anilines is 1. The van der Waals surface area contributed by atoms with Crippen molar-refractivity contribution in [1.82, 2.24) is 15.6 Å². The third-order valence-corrected chi connectivity index (χ3v) is 5.57. The maximum Gasteiger partial charge on any atom is 0.242 e. The molecular weight excluding hydrogens is 452 g/mol. The zero-order valence-electron chi connectivity index (χ0n) is 19.6. The van der Waals surface area contributed by atoms with E-state index in [0.717, 1.165) is 16.5 Å². The average molecular weight is 485 g/mol. The molecule has 7 N–H and O–H groups in total. The Morgan fingerprint density at radius 2 is 1.79 bits per heavy atom. The van der Waals surface area contributed by atoms with Crippen LogP contribution in [0.2, 0.25) is 0 Å². The number of rotatable bonds is 10. The Hall–Kier alpha value is -3.52. The molecule has 2 atom stereocenters. The van der Waals surface area contributed by atoms with Crippen LogP contribution in [0.25, 0.3) is 10.9 Å². The lowest BCUT2D eigenvalue weighted by molar-refractivity contribution is -0.130. The molecule has 1 aromatic heterocycles. The van der Waals surface area contributed by atoms with E-state index in [9.17, 15) is 9.59 Å². The molecular formula is C25H33ClN6O2. The third kappa shape index (κ3) is 6.74. The highest BCUT2D eigenvalue weighted by Gasteiger charge is 2.26. The molecule has 0 spiro atoms. The lowest BCUT2D eigenvalue weighted by Gasteiger charge is -2.24. The van der Waals surface area contributed by atoms with Gasteiger partial charge in [0.25, 0.3) is 0 Å². The lowest BCUT2D eigenvalue weighted by Crippen LogP contribution is -2.53. The molecule has 0 saturated heterocycles. The van der Waals surface area contributed by atoms with E-state index in [1.54, 1.807) is 31.2 Å². The van der Waals surface area contributed by atoms with Crippen molar-refractivity contribution in [3.63, 3.8) is 0 Å². The van der Waals surface area contributed by atoms with Gasteiger partial charge in [-0.25, -0.2) is 0 Å². The molecule has 1 heterocycles. The second-order valence-corrected chi connectivity index (χ2v) is 8.49. The summed E-state index contributed by atoms with van der Waals surface area (Å²) in [5.74, 6) is -0.604. The van der Waals surface area contributed by atoms with E-state index in [-0.39, 0.29) is 36.0 Å². The van der Waals surface area contributed by atoms with E-state index in [1.807, 2.05) is 38.2 Å². The molecule has 2 amide bonds. The minimum Gasteiger partial charge on any atom is -0.384 e. The van der Waals surface area contributed by atoms with Crippen LogP contribution < -0.4 is 21.7 Å². The van der Waals surface area contributed by atoms with Crippen molar-refractivity contribution in [2.45, 2.75) is 39.3 Å². The summed E-state index contributed by atoms with van der Waals surface area (Å²) in [5.41, 5.74) is 8.99. The van der Waals surface area contributed by atoms with Crippen molar-refractivity contribution >= 4 is 46.6 Å². The molecule has 0 saturated carbocycles. The number of nitrogens with two attached hydrogens (primary N) is 1. The molecule has 0 aliphatic carbocycles. The Kier molecular flexibility index (Phi) is 9.50. The molecule has 0 radical (unpaired) electrons. The normalized spacial score (nSPS) is 12.5. The number of nitrogen functional groups attached to an aromatic ring is 1. The van der Waals surface area contributed by atoms with E-state index in [0.29, 0.717) is 24.2 Å². The highest BCUT2D eigenvalue weighted by Crippen LogP contribution is 2.18. The minimum atomic E-state index is -0.645. The van der Waals surface area contributed by atoms with Gasteiger partial charge in [-0.15, -0.1) is 12.4 Å². The first-order valence-electron chi connectivity index (χ1n) is 11.1. The van der Waals surface area contributed by atoms with Crippen LogP contribution in [0.4, 0.5) is 5.69 Å². The SMILES string of the molecule is CC(Nc1cccc(C(=N)N)c1)C(=O)NC(C(=O)NCCc1c[nH]c2ccccc12)C(C)C.Cl. The highest BCUT2D eigenvalue weighted by molar-refractivity contribution is 5.96. The number of para-hydroxylation sites is 1. The topological polar surface area (TPSA) is 136 Å². The number of nitrogens with one attached hydrogen (secondary N) is 5. The Morgan fingerprint density at radius 1 is 1.06 bits per heavy atom. The Labute approximate surface area is 206 Å². The Morgan fingerprint density at radius 3 is 2.50 bits per heavy atom. The van der Waals surface area contributed by atoms with Crippen LogP contribution in [-0.2, 0) is 16.0 Å². The molecule has 0 bridgehead atoms. The molecule has 9 heteroatoms. The van der Waals surface area contributed by atoms with Gasteiger partial charge >= 0.3 is 0 Å². The van der Waals surface area contributed by atoms with Gasteiger partial charge in [-0.3, -0.25) is 15.0 Å². The maximum atomic E-state index is 12.8. The van der Waals surface area contributed by atoms with Gasteiger partial charge in [0, 0.05) is 34.9 Å². The molecule has 0 aliphatic rings. The van der Waals surface area contributed by atoms with Crippen molar-refractivity contribution in [2.75, 3.05) is 11.9 Å². The number of halogens is 1. The largest absolute Gasteiger partial charge is 0.384 e. The zero-order valence-corrected chi connectivity index (χ0v) is 20.5. The molecule has 3 aromatic rings. The van der Waals surface area contributed by atoms with E-state index >= 15 is 0 Å². The number of carbonyl (C=O) groups is 2. The number of aromatic nitrogens is 1. The summed E-state index contributed by atoms with van der Waals surface area (Å²) in [6, 6.07) is 13.8. The fraction of sp³-hybridized carbons (Fsp3) is 0.320. The summed E-state index contributed by atoms with van der Waals surface area (Å²) < 4.78 is 0. The lowest BCUT2D eigenvalue weighted by atomic mass is 10.0. The molecule has 3 rings (SSSR count). The summed E-state index contributed by atoms with van der Waals surface area (Å²) in [7, 11) is 0. The van der Waals surface area contributed by atoms with Crippen molar-refractivity contribution in [3.05, 3.63) is 65.9 Å². The highest BCUT2D eigenvalue weighted by atomic mass is 35.5. The summed E-state index contributed by atoms with van der Waals surface area (Å²) in [5, 5.41) is 17.6. The van der Waals surface area contributed by atoms with Crippen LogP contribution in [-0.4, -0.2) is 41.3 Å². The predicted molar refractivity (Wildman–Crippen MR) is 140 cm³/mol. The molecule has 2 aromatic carbocycles. The van der Waals surface area contributed by atoms with Gasteiger partial charge in [0.2, 0.25) is 11.8 Å². The molecule has 8 nitrogen and oxygen atoms in total. The minimum absolute atomic E-state index is 0. The standard InChI is InChI=1S/C25H32N6O2.ClH/c1-15(2)22(25(33)28-12-11-18-14-29-21-10-5-4-9-20(18)21)31-24(32)16(3)30-19-8-6-7-17(13-19)23(26)27;/h4-10,13-16,22,29-30H,11-12H2,1-3H3,(H3,26,27)(H,28,33)(H,31,32);1H. The number of hydrogen-bond donors (Lipinski definition) is 6. The predicted octanol–water partition coefficient (Wildman–Crippen LogP) is 3.17. The molecule has 2 unspecified atom stereocenters. The number of aromatic amines is 1. The monoisotopic (exact) mass is 484 g/mol. The number of amides is 2. The van der Waals surface area contributed by atoms with Crippen LogP contribution in [0.15, 0.2) is 54.7 Å². The second-order valence-electron chi connectivity index (χ2n) is 8.49. The second kappa shape index (κ2) is 12.1. The van der Waals surface area contributed by atoms with E-state index in [4.69, 9.17) is 11.1 Å². The summed E-state index contributed by atoms with van der Waals surface area (Å²) >= 11 is 0. The van der Waals surface area contributed by atoms with Gasteiger partial charge in [0.15, 0.2) is 0 Å². The van der Waals surface area contributed by atoms with Gasteiger partial charge in [-0.2, -0.15) is 0 Å². The quantitative estimate of drug-likeness (QED) is 0.194. The van der Waals surface area contributed by atoms with Crippen molar-refractivity contribution in [3.8, 4) is 0 Å². The van der Waals surface area contributed by atoms with Gasteiger partial charge in [-0.05, 0) is 43.0 Å². The van der Waals surface area contributed by atoms with E-state index in [2.05, 4.69) is 27.0 Å². The van der Waals surface area contributed by atoms with Gasteiger partial charge in [-0.1, -0.05) is 44.2 Å². The average Bonchev–Trinajstić information content (AvgIpc) is 3.20. The molecule has 0 aliphatic heterocycles. The zero-order chi connectivity index (χ0) is 24.0. The third-order valence-electron chi connectivity index (χ3n) is 5.57. The van der Waals surface area contributed by atoms with Crippen molar-refractivity contribution in [2.24, 2.45) is 11.7 Å². The fourth-order valence-corrected chi connectivity index (χ4v) is 3.67. The number of H-pyrrole nitrogens is 1. The summed E-state index contributed by atoms with van der Waals surface area (Å²) in [6.07, 6.45) is 2.66. The molecule has 34 heavy (non-hydrogen) atoms. The summed E-state index contributed by atoms with van der Waals surface area (Å²) in [6.45, 7) is 6.00. The van der Waals surface area contributed by atoms with Crippen LogP contribution in [0.1, 0.15) is 31.9 Å². The smallest absolute Gasteiger partial charge is 0.242 e. The van der Waals surface area contributed by atoms with Crippen LogP contribution >= 0.6 is 12.4 Å². The van der Waals surface area contributed by atoms with Crippen LogP contribution in [0.5, 0.6) is 0 Å². The van der Waals surface area contributed by atoms with E-state index < -0.39 is 12.1 Å². The van der Waals surface area contributed by atoms with Crippen molar-refractivity contribution < 1.29 is 9.59 Å². The first kappa shape index (κ1) is 26.7. The van der Waals surface area contributed by atoms with Crippen LogP contribution in [0.3, 0.4) is 0 Å². The number of benzene rings is 2. The van der Waals surface area contributed by atoms with Gasteiger partial charge in [0.1, 0.15) is 17.9 Å². The number of fused-ring (bicyclic) bond motifs is 1. The summed E-state index contributed by atoms with van der Waals surface area (Å²) in [4.78, 5) is 28.8. The molecule has 0 fully saturated rings. The van der Waals surface area contributed by atoms with E-state index in [1.165, 1.54) is 0 Å². The maximum absolute atomic E-state index is 12.8. The number of hydrogen-bond acceptors (Lipinski definition) is 4. The van der Waals surface area contributed by atoms with Crippen molar-refractivity contribution in [1.29, 1.82) is 5.41 Å². The Balaban J connectivity index is 0.00000408. The molecule has 182 valence electrons. The van der Waals surface area contributed by atoms with Crippen LogP contribution in [0, 0.1) is 11.3 Å². The van der Waals surface area contributed by atoms with Gasteiger partial charge in [0.05, 0.1) is 0 Å². The fourth-order valence-electron chi connectivity index (χ4n) is 3.67. The van der Waals surface area contributed by atoms with Gasteiger partial charge < -0.3 is 26.7 Å². The number of carbonyl (C=O) groups excluding carboxylic acids is 2. The Bertz CT molecular complexity index is 1140. The first-order chi connectivity index (χ1) is 15.8. The first-order valence-corrected chi connectivity index (χ1v) is 11.1.